The number of aryl methyl sites for hydroxylation is 1. The molecule has 2 aromatic rings. The molecule has 0 fully saturated rings. The monoisotopic (exact) mass is 268 g/mol. The van der Waals surface area contributed by atoms with Crippen molar-refractivity contribution in [2.75, 3.05) is 0 Å². The molecule has 0 amide bonds. The minimum absolute atomic E-state index is 0.177. The van der Waals surface area contributed by atoms with Crippen LogP contribution in [-0.4, -0.2) is 10.2 Å². The Morgan fingerprint density at radius 3 is 2.32 bits per heavy atom. The van der Waals surface area contributed by atoms with E-state index in [1.165, 1.54) is 11.8 Å². The Morgan fingerprint density at radius 2 is 1.74 bits per heavy atom. The summed E-state index contributed by atoms with van der Waals surface area (Å²) in [5.41, 5.74) is 1.47. The molecule has 0 unspecified atom stereocenters. The molecule has 5 heteroatoms. The van der Waals surface area contributed by atoms with Crippen molar-refractivity contribution in [2.45, 2.75) is 32.4 Å². The van der Waals surface area contributed by atoms with E-state index in [1.54, 1.807) is 0 Å². The maximum Gasteiger partial charge on any atom is 0.433 e. The lowest BCUT2D eigenvalue weighted by Crippen LogP contribution is -2.09. The third-order valence-electron chi connectivity index (χ3n) is 2.96. The summed E-state index contributed by atoms with van der Waals surface area (Å²) in [7, 11) is 0. The maximum absolute atomic E-state index is 12.7. The van der Waals surface area contributed by atoms with E-state index in [0.29, 0.717) is 0 Å². The SMILES string of the molecule is CCCc1ccc(Cc2cn[nH]c2C(F)(F)F)cc1. The molecule has 19 heavy (non-hydrogen) atoms. The van der Waals surface area contributed by atoms with Crippen LogP contribution in [0.25, 0.3) is 0 Å². The Hall–Kier alpha value is -1.78. The summed E-state index contributed by atoms with van der Waals surface area (Å²) in [6.07, 6.45) is -0.867. The van der Waals surface area contributed by atoms with Gasteiger partial charge in [-0.25, -0.2) is 0 Å². The lowest BCUT2D eigenvalue weighted by atomic mass is 10.0. The van der Waals surface area contributed by atoms with Crippen LogP contribution in [0.4, 0.5) is 13.2 Å². The molecule has 0 radical (unpaired) electrons. The van der Waals surface area contributed by atoms with E-state index in [0.717, 1.165) is 18.4 Å². The van der Waals surface area contributed by atoms with Crippen LogP contribution in [0.2, 0.25) is 0 Å². The molecule has 0 aliphatic carbocycles. The molecule has 2 nitrogen and oxygen atoms in total. The standard InChI is InChI=1S/C14H15F3N2/c1-2-3-10-4-6-11(7-5-10)8-12-9-18-19-13(12)14(15,16)17/h4-7,9H,2-3,8H2,1H3,(H,18,19). The van der Waals surface area contributed by atoms with Crippen LogP contribution in [0.5, 0.6) is 0 Å². The Morgan fingerprint density at radius 1 is 1.11 bits per heavy atom. The summed E-state index contributed by atoms with van der Waals surface area (Å²) >= 11 is 0. The van der Waals surface area contributed by atoms with Crippen molar-refractivity contribution in [3.8, 4) is 0 Å². The van der Waals surface area contributed by atoms with Crippen LogP contribution in [0, 0.1) is 0 Å². The van der Waals surface area contributed by atoms with Crippen LogP contribution in [0.1, 0.15) is 35.7 Å². The number of nitrogens with zero attached hydrogens (tertiary/aromatic N) is 1. The quantitative estimate of drug-likeness (QED) is 0.893. The third kappa shape index (κ3) is 3.36. The second-order valence-electron chi connectivity index (χ2n) is 4.51. The smallest absolute Gasteiger partial charge is 0.273 e. The first-order valence-electron chi connectivity index (χ1n) is 6.18. The van der Waals surface area contributed by atoms with E-state index < -0.39 is 11.9 Å². The van der Waals surface area contributed by atoms with Gasteiger partial charge in [0, 0.05) is 12.0 Å². The van der Waals surface area contributed by atoms with Crippen molar-refractivity contribution in [2.24, 2.45) is 0 Å². The Balaban J connectivity index is 2.15. The highest BCUT2D eigenvalue weighted by atomic mass is 19.4. The Labute approximate surface area is 109 Å². The van der Waals surface area contributed by atoms with Crippen molar-refractivity contribution in [1.29, 1.82) is 0 Å². The maximum atomic E-state index is 12.7. The first kappa shape index (κ1) is 13.6. The molecule has 0 spiro atoms. The molecule has 1 heterocycles. The van der Waals surface area contributed by atoms with Crippen molar-refractivity contribution in [1.82, 2.24) is 10.2 Å². The van der Waals surface area contributed by atoms with Gasteiger partial charge < -0.3 is 0 Å². The van der Waals surface area contributed by atoms with Crippen LogP contribution >= 0.6 is 0 Å². The zero-order valence-corrected chi connectivity index (χ0v) is 10.6. The van der Waals surface area contributed by atoms with Gasteiger partial charge in [-0.3, -0.25) is 5.10 Å². The lowest BCUT2D eigenvalue weighted by molar-refractivity contribution is -0.141. The average Bonchev–Trinajstić information content (AvgIpc) is 2.80. The van der Waals surface area contributed by atoms with Gasteiger partial charge in [-0.2, -0.15) is 18.3 Å². The molecule has 0 saturated heterocycles. The van der Waals surface area contributed by atoms with Crippen LogP contribution < -0.4 is 0 Å². The van der Waals surface area contributed by atoms with Crippen LogP contribution in [-0.2, 0) is 19.0 Å². The average molecular weight is 268 g/mol. The highest BCUT2D eigenvalue weighted by Crippen LogP contribution is 2.31. The lowest BCUT2D eigenvalue weighted by Gasteiger charge is -2.07. The normalized spacial score (nSPS) is 11.8. The second kappa shape index (κ2) is 5.47. The number of rotatable bonds is 4. The highest BCUT2D eigenvalue weighted by Gasteiger charge is 2.35. The number of halogens is 3. The number of H-pyrrole nitrogens is 1. The molecule has 1 aromatic heterocycles. The van der Waals surface area contributed by atoms with E-state index in [9.17, 15) is 13.2 Å². The van der Waals surface area contributed by atoms with E-state index >= 15 is 0 Å². The minimum atomic E-state index is -4.38. The molecular weight excluding hydrogens is 253 g/mol. The van der Waals surface area contributed by atoms with Crippen molar-refractivity contribution in [3.63, 3.8) is 0 Å². The molecule has 102 valence electrons. The number of hydrogen-bond donors (Lipinski definition) is 1. The topological polar surface area (TPSA) is 28.7 Å². The van der Waals surface area contributed by atoms with Crippen LogP contribution in [0.3, 0.4) is 0 Å². The van der Waals surface area contributed by atoms with Gasteiger partial charge >= 0.3 is 6.18 Å². The summed E-state index contributed by atoms with van der Waals surface area (Å²) in [5, 5.41) is 5.51. The van der Waals surface area contributed by atoms with Crippen molar-refractivity contribution >= 4 is 0 Å². The molecule has 1 aromatic carbocycles. The molecule has 0 saturated carbocycles. The molecule has 1 N–H and O–H groups in total. The van der Waals surface area contributed by atoms with Gasteiger partial charge in [0.25, 0.3) is 0 Å². The van der Waals surface area contributed by atoms with Gasteiger partial charge in [0.15, 0.2) is 0 Å². The van der Waals surface area contributed by atoms with E-state index in [2.05, 4.69) is 12.0 Å². The largest absolute Gasteiger partial charge is 0.433 e. The summed E-state index contributed by atoms with van der Waals surface area (Å²) in [6, 6.07) is 7.68. The second-order valence-corrected chi connectivity index (χ2v) is 4.51. The number of aromatic nitrogens is 2. The predicted molar refractivity (Wildman–Crippen MR) is 66.8 cm³/mol. The van der Waals surface area contributed by atoms with E-state index in [-0.39, 0.29) is 12.0 Å². The fourth-order valence-electron chi connectivity index (χ4n) is 2.02. The number of aromatic amines is 1. The zero-order valence-electron chi connectivity index (χ0n) is 10.6. The first-order valence-corrected chi connectivity index (χ1v) is 6.18. The molecule has 0 atom stereocenters. The molecule has 0 aliphatic rings. The summed E-state index contributed by atoms with van der Waals surface area (Å²) < 4.78 is 38.0. The summed E-state index contributed by atoms with van der Waals surface area (Å²) in [4.78, 5) is 0. The zero-order chi connectivity index (χ0) is 13.9. The predicted octanol–water partition coefficient (Wildman–Crippen LogP) is 3.97. The minimum Gasteiger partial charge on any atom is -0.273 e. The van der Waals surface area contributed by atoms with Gasteiger partial charge in [-0.1, -0.05) is 37.6 Å². The number of benzene rings is 1. The fourth-order valence-corrected chi connectivity index (χ4v) is 2.02. The summed E-state index contributed by atoms with van der Waals surface area (Å²) in [5.74, 6) is 0. The number of hydrogen-bond acceptors (Lipinski definition) is 1. The van der Waals surface area contributed by atoms with E-state index in [4.69, 9.17) is 0 Å². The van der Waals surface area contributed by atoms with Crippen molar-refractivity contribution in [3.05, 3.63) is 52.8 Å². The van der Waals surface area contributed by atoms with E-state index in [1.807, 2.05) is 29.4 Å². The van der Waals surface area contributed by atoms with Gasteiger partial charge in [0.1, 0.15) is 5.69 Å². The van der Waals surface area contributed by atoms with Gasteiger partial charge in [0.05, 0.1) is 6.20 Å². The molecule has 0 bridgehead atoms. The van der Waals surface area contributed by atoms with Crippen molar-refractivity contribution < 1.29 is 13.2 Å². The number of nitrogens with one attached hydrogen (secondary N) is 1. The Bertz CT molecular complexity index is 526. The molecule has 0 aliphatic heterocycles. The summed E-state index contributed by atoms with van der Waals surface area (Å²) in [6.45, 7) is 2.09. The molecular formula is C14H15F3N2. The van der Waals surface area contributed by atoms with Crippen LogP contribution in [0.15, 0.2) is 30.5 Å². The number of alkyl halides is 3. The highest BCUT2D eigenvalue weighted by molar-refractivity contribution is 5.30. The van der Waals surface area contributed by atoms with Gasteiger partial charge in [0.2, 0.25) is 0 Å². The van der Waals surface area contributed by atoms with Gasteiger partial charge in [-0.05, 0) is 17.5 Å². The molecule has 2 rings (SSSR count). The Kier molecular flexibility index (Phi) is 3.93. The van der Waals surface area contributed by atoms with Gasteiger partial charge in [-0.15, -0.1) is 0 Å². The fraction of sp³-hybridized carbons (Fsp3) is 0.357. The third-order valence-corrected chi connectivity index (χ3v) is 2.96. The first-order chi connectivity index (χ1) is 9.00.